The highest BCUT2D eigenvalue weighted by Crippen LogP contribution is 2.29. The molecule has 0 aromatic carbocycles. The molecule has 0 amide bonds. The van der Waals surface area contributed by atoms with Crippen LogP contribution in [0.4, 0.5) is 0 Å². The first-order chi connectivity index (χ1) is 11.1. The van der Waals surface area contributed by atoms with E-state index in [4.69, 9.17) is 23.7 Å². The van der Waals surface area contributed by atoms with Gasteiger partial charge in [0.15, 0.2) is 12.2 Å². The number of hydrogen-bond donors (Lipinski definition) is 1. The van der Waals surface area contributed by atoms with Crippen LogP contribution in [0.5, 0.6) is 0 Å². The lowest BCUT2D eigenvalue weighted by Gasteiger charge is -2.43. The molecule has 1 heterocycles. The maximum absolute atomic E-state index is 11.4. The first-order valence-electron chi connectivity index (χ1n) is 7.11. The third-order valence-corrected chi connectivity index (χ3v) is 2.96. The van der Waals surface area contributed by atoms with Gasteiger partial charge in [-0.3, -0.25) is 19.2 Å². The maximum Gasteiger partial charge on any atom is 0.305 e. The van der Waals surface area contributed by atoms with E-state index >= 15 is 0 Å². The van der Waals surface area contributed by atoms with E-state index in [0.29, 0.717) is 0 Å². The lowest BCUT2D eigenvalue weighted by molar-refractivity contribution is -0.299. The number of hydrogen-bond acceptors (Lipinski definition) is 10. The van der Waals surface area contributed by atoms with Gasteiger partial charge in [-0.25, -0.2) is 0 Å². The van der Waals surface area contributed by atoms with Crippen molar-refractivity contribution in [3.05, 3.63) is 0 Å². The van der Waals surface area contributed by atoms with Crippen molar-refractivity contribution >= 4 is 23.9 Å². The Labute approximate surface area is 137 Å². The van der Waals surface area contributed by atoms with Gasteiger partial charge in [-0.05, 0) is 0 Å². The van der Waals surface area contributed by atoms with Crippen LogP contribution >= 0.6 is 0 Å². The molecule has 1 saturated heterocycles. The molecular formula is C14H20O10. The quantitative estimate of drug-likeness (QED) is 0.490. The molecule has 10 heteroatoms. The lowest BCUT2D eigenvalue weighted by Crippen LogP contribution is -2.62. The summed E-state index contributed by atoms with van der Waals surface area (Å²) in [6, 6.07) is 0. The molecule has 0 aliphatic carbocycles. The number of rotatable bonds is 5. The van der Waals surface area contributed by atoms with Gasteiger partial charge >= 0.3 is 23.9 Å². The number of carbonyl (C=O) groups excluding carboxylic acids is 4. The summed E-state index contributed by atoms with van der Waals surface area (Å²) in [5.41, 5.74) is 0. The van der Waals surface area contributed by atoms with Gasteiger partial charge in [-0.1, -0.05) is 0 Å². The Balaban J connectivity index is 3.23. The second kappa shape index (κ2) is 8.60. The smallest absolute Gasteiger partial charge is 0.305 e. The van der Waals surface area contributed by atoms with Gasteiger partial charge in [0.1, 0.15) is 6.10 Å². The standard InChI is InChI=1S/C14H20O10/c1-6(16)20-11-10(5-15)24-14(23-9(4)19)13(22-8(3)18)12(11)21-7(2)17/h10-15H,5H2,1-4H3/t10-,11-,12+,13-,14-/m0/s1. The zero-order chi connectivity index (χ0) is 18.4. The third-order valence-electron chi connectivity index (χ3n) is 2.96. The van der Waals surface area contributed by atoms with Crippen LogP contribution in [0.1, 0.15) is 27.7 Å². The minimum atomic E-state index is -1.44. The first-order valence-corrected chi connectivity index (χ1v) is 7.11. The highest BCUT2D eigenvalue weighted by molar-refractivity contribution is 5.69. The highest BCUT2D eigenvalue weighted by Gasteiger charge is 2.53. The van der Waals surface area contributed by atoms with Crippen LogP contribution in [0.2, 0.25) is 0 Å². The number of esters is 4. The Morgan fingerprint density at radius 2 is 1.17 bits per heavy atom. The third kappa shape index (κ3) is 5.46. The van der Waals surface area contributed by atoms with E-state index in [1.807, 2.05) is 0 Å². The zero-order valence-corrected chi connectivity index (χ0v) is 13.7. The normalized spacial score (nSPS) is 29.3. The van der Waals surface area contributed by atoms with Crippen LogP contribution in [0.15, 0.2) is 0 Å². The molecule has 24 heavy (non-hydrogen) atoms. The predicted molar refractivity (Wildman–Crippen MR) is 74.2 cm³/mol. The monoisotopic (exact) mass is 348 g/mol. The van der Waals surface area contributed by atoms with Gasteiger partial charge in [-0.15, -0.1) is 0 Å². The van der Waals surface area contributed by atoms with Crippen LogP contribution in [-0.4, -0.2) is 66.3 Å². The zero-order valence-electron chi connectivity index (χ0n) is 13.7. The Bertz CT molecular complexity index is 502. The molecule has 1 fully saturated rings. The largest absolute Gasteiger partial charge is 0.456 e. The molecule has 0 aromatic heterocycles. The van der Waals surface area contributed by atoms with E-state index in [1.165, 1.54) is 0 Å². The summed E-state index contributed by atoms with van der Waals surface area (Å²) in [6.07, 6.45) is -6.56. The first kappa shape index (κ1) is 19.8. The molecule has 5 atom stereocenters. The van der Waals surface area contributed by atoms with Crippen molar-refractivity contribution < 1.29 is 48.0 Å². The lowest BCUT2D eigenvalue weighted by atomic mass is 9.98. The maximum atomic E-state index is 11.4. The molecule has 0 spiro atoms. The second-order valence-corrected chi connectivity index (χ2v) is 5.06. The van der Waals surface area contributed by atoms with Crippen molar-refractivity contribution in [2.45, 2.75) is 58.4 Å². The predicted octanol–water partition coefficient (Wildman–Crippen LogP) is -0.938. The van der Waals surface area contributed by atoms with Crippen molar-refractivity contribution in [3.8, 4) is 0 Å². The Morgan fingerprint density at radius 3 is 1.58 bits per heavy atom. The fraction of sp³-hybridized carbons (Fsp3) is 0.714. The molecule has 136 valence electrons. The van der Waals surface area contributed by atoms with Gasteiger partial charge in [0.2, 0.25) is 12.4 Å². The molecule has 0 unspecified atom stereocenters. The molecule has 0 saturated carbocycles. The summed E-state index contributed by atoms with van der Waals surface area (Å²) < 4.78 is 25.4. The van der Waals surface area contributed by atoms with Gasteiger partial charge in [0.25, 0.3) is 0 Å². The average molecular weight is 348 g/mol. The van der Waals surface area contributed by atoms with E-state index in [2.05, 4.69) is 0 Å². The second-order valence-electron chi connectivity index (χ2n) is 5.06. The van der Waals surface area contributed by atoms with E-state index < -0.39 is 61.2 Å². The SMILES string of the molecule is CC(=O)O[C@H]1O[C@@H](CO)[C@H](OC(C)=O)[C@@H](OC(C)=O)[C@@H]1OC(C)=O. The molecule has 1 N–H and O–H groups in total. The summed E-state index contributed by atoms with van der Waals surface area (Å²) in [4.78, 5) is 45.3. The Hall–Kier alpha value is -2.20. The summed E-state index contributed by atoms with van der Waals surface area (Å²) in [5, 5.41) is 9.44. The topological polar surface area (TPSA) is 135 Å². The minimum Gasteiger partial charge on any atom is -0.456 e. The van der Waals surface area contributed by atoms with Crippen molar-refractivity contribution in [1.29, 1.82) is 0 Å². The van der Waals surface area contributed by atoms with Gasteiger partial charge in [0, 0.05) is 27.7 Å². The number of ether oxygens (including phenoxy) is 5. The van der Waals surface area contributed by atoms with Crippen LogP contribution < -0.4 is 0 Å². The fourth-order valence-electron chi connectivity index (χ4n) is 2.26. The van der Waals surface area contributed by atoms with Crippen molar-refractivity contribution in [1.82, 2.24) is 0 Å². The molecule has 0 bridgehead atoms. The van der Waals surface area contributed by atoms with Crippen molar-refractivity contribution in [2.75, 3.05) is 6.61 Å². The Kier molecular flexibility index (Phi) is 7.11. The molecule has 1 rings (SSSR count). The van der Waals surface area contributed by atoms with Crippen LogP contribution in [0.3, 0.4) is 0 Å². The molecule has 0 aromatic rings. The van der Waals surface area contributed by atoms with Crippen LogP contribution in [-0.2, 0) is 42.9 Å². The van der Waals surface area contributed by atoms with Crippen molar-refractivity contribution in [2.24, 2.45) is 0 Å². The number of aliphatic hydroxyl groups is 1. The summed E-state index contributed by atoms with van der Waals surface area (Å²) in [6.45, 7) is 3.77. The molecule has 10 nitrogen and oxygen atoms in total. The molecule has 0 radical (unpaired) electrons. The summed E-state index contributed by atoms with van der Waals surface area (Å²) >= 11 is 0. The Morgan fingerprint density at radius 1 is 0.750 bits per heavy atom. The van der Waals surface area contributed by atoms with Crippen molar-refractivity contribution in [3.63, 3.8) is 0 Å². The summed E-state index contributed by atoms with van der Waals surface area (Å²) in [7, 11) is 0. The van der Waals surface area contributed by atoms with E-state index in [-0.39, 0.29) is 0 Å². The number of aliphatic hydroxyl groups excluding tert-OH is 1. The molecule has 1 aliphatic rings. The van der Waals surface area contributed by atoms with Gasteiger partial charge < -0.3 is 28.8 Å². The molecule has 1 aliphatic heterocycles. The fourth-order valence-corrected chi connectivity index (χ4v) is 2.26. The highest BCUT2D eigenvalue weighted by atomic mass is 16.7. The van der Waals surface area contributed by atoms with Crippen LogP contribution in [0.25, 0.3) is 0 Å². The van der Waals surface area contributed by atoms with Gasteiger partial charge in [-0.2, -0.15) is 0 Å². The van der Waals surface area contributed by atoms with E-state index in [9.17, 15) is 24.3 Å². The van der Waals surface area contributed by atoms with E-state index in [1.54, 1.807) is 0 Å². The van der Waals surface area contributed by atoms with Crippen LogP contribution in [0, 0.1) is 0 Å². The number of carbonyl (C=O) groups is 4. The van der Waals surface area contributed by atoms with E-state index in [0.717, 1.165) is 27.7 Å². The average Bonchev–Trinajstić information content (AvgIpc) is 2.42. The minimum absolute atomic E-state index is 0.625. The van der Waals surface area contributed by atoms with Gasteiger partial charge in [0.05, 0.1) is 6.61 Å². The summed E-state index contributed by atoms with van der Waals surface area (Å²) in [5.74, 6) is -3.00. The molecular weight excluding hydrogens is 328 g/mol.